The number of nitro groups is 1. The van der Waals surface area contributed by atoms with E-state index in [9.17, 15) is 19.7 Å². The number of hydrogen-bond acceptors (Lipinski definition) is 8. The molecule has 0 atom stereocenters. The van der Waals surface area contributed by atoms with E-state index in [4.69, 9.17) is 9.15 Å². The summed E-state index contributed by atoms with van der Waals surface area (Å²) in [6.07, 6.45) is 1.71. The van der Waals surface area contributed by atoms with Crippen LogP contribution in [0.1, 0.15) is 32.2 Å². The molecule has 0 N–H and O–H groups in total. The Labute approximate surface area is 186 Å². The van der Waals surface area contributed by atoms with Gasteiger partial charge in [-0.3, -0.25) is 14.9 Å². The van der Waals surface area contributed by atoms with E-state index >= 15 is 0 Å². The second-order valence-electron chi connectivity index (χ2n) is 6.67. The van der Waals surface area contributed by atoms with Crippen LogP contribution in [0.2, 0.25) is 0 Å². The van der Waals surface area contributed by atoms with E-state index in [2.05, 4.69) is 4.98 Å². The summed E-state index contributed by atoms with van der Waals surface area (Å²) in [7, 11) is 0. The number of para-hydroxylation sites is 2. The Bertz CT molecular complexity index is 1310. The molecular weight excluding hydrogens is 432 g/mol. The lowest BCUT2D eigenvalue weighted by Gasteiger charge is -2.09. The highest BCUT2D eigenvalue weighted by atomic mass is 32.2. The minimum atomic E-state index is -0.730. The van der Waals surface area contributed by atoms with Gasteiger partial charge < -0.3 is 9.15 Å². The van der Waals surface area contributed by atoms with E-state index in [0.29, 0.717) is 16.0 Å². The van der Waals surface area contributed by atoms with Crippen molar-refractivity contribution in [3.05, 3.63) is 99.4 Å². The average Bonchev–Trinajstić information content (AvgIpc) is 3.24. The van der Waals surface area contributed by atoms with Crippen molar-refractivity contribution in [1.82, 2.24) is 4.98 Å². The fraction of sp³-hybridized carbons (Fsp3) is 0.0870. The van der Waals surface area contributed by atoms with Crippen LogP contribution in [-0.4, -0.2) is 27.9 Å². The number of benzene rings is 3. The molecule has 0 aliphatic heterocycles. The predicted octanol–water partition coefficient (Wildman–Crippen LogP) is 5.05. The minimum Gasteiger partial charge on any atom is -0.452 e. The van der Waals surface area contributed by atoms with Gasteiger partial charge in [0.25, 0.3) is 5.69 Å². The number of nitro benzene ring substituents is 1. The first kappa shape index (κ1) is 21.3. The summed E-state index contributed by atoms with van der Waals surface area (Å²) in [5.74, 6) is -1.02. The molecule has 1 heterocycles. The molecule has 8 nitrogen and oxygen atoms in total. The Morgan fingerprint density at radius 2 is 1.78 bits per heavy atom. The van der Waals surface area contributed by atoms with E-state index in [1.807, 2.05) is 6.07 Å². The van der Waals surface area contributed by atoms with Gasteiger partial charge >= 0.3 is 5.97 Å². The van der Waals surface area contributed by atoms with Gasteiger partial charge in [0, 0.05) is 17.2 Å². The summed E-state index contributed by atoms with van der Waals surface area (Å²) >= 11 is 1.21. The lowest BCUT2D eigenvalue weighted by atomic mass is 9.98. The molecule has 0 fully saturated rings. The fourth-order valence-corrected chi connectivity index (χ4v) is 3.72. The monoisotopic (exact) mass is 448 g/mol. The van der Waals surface area contributed by atoms with Crippen molar-refractivity contribution >= 4 is 40.3 Å². The molecule has 32 heavy (non-hydrogen) atoms. The molecule has 0 spiro atoms. The van der Waals surface area contributed by atoms with Crippen molar-refractivity contribution in [2.45, 2.75) is 11.5 Å². The number of nitrogens with zero attached hydrogens (tertiary/aromatic N) is 2. The van der Waals surface area contributed by atoms with Gasteiger partial charge in [-0.15, -0.1) is 11.8 Å². The zero-order valence-electron chi connectivity index (χ0n) is 16.8. The van der Waals surface area contributed by atoms with Crippen molar-refractivity contribution in [3.8, 4) is 0 Å². The number of ketones is 1. The maximum atomic E-state index is 13.1. The van der Waals surface area contributed by atoms with Crippen LogP contribution in [-0.2, 0) is 11.3 Å². The Morgan fingerprint density at radius 3 is 2.50 bits per heavy atom. The van der Waals surface area contributed by atoms with E-state index in [1.54, 1.807) is 36.6 Å². The van der Waals surface area contributed by atoms with Gasteiger partial charge in [-0.2, -0.15) is 0 Å². The van der Waals surface area contributed by atoms with E-state index in [-0.39, 0.29) is 34.9 Å². The topological polar surface area (TPSA) is 113 Å². The number of ether oxygens (including phenoxy) is 1. The summed E-state index contributed by atoms with van der Waals surface area (Å²) in [6.45, 7) is -0.204. The number of thioether (sulfide) groups is 1. The maximum absolute atomic E-state index is 13.1. The number of esters is 1. The van der Waals surface area contributed by atoms with Crippen LogP contribution < -0.4 is 0 Å². The largest absolute Gasteiger partial charge is 0.452 e. The van der Waals surface area contributed by atoms with Crippen molar-refractivity contribution in [3.63, 3.8) is 0 Å². The van der Waals surface area contributed by atoms with Crippen molar-refractivity contribution < 1.29 is 23.7 Å². The number of rotatable bonds is 7. The molecule has 0 bridgehead atoms. The molecule has 3 aromatic carbocycles. The summed E-state index contributed by atoms with van der Waals surface area (Å²) in [5.41, 5.74) is 1.29. The molecule has 0 saturated carbocycles. The molecule has 9 heteroatoms. The van der Waals surface area contributed by atoms with E-state index in [0.717, 1.165) is 0 Å². The van der Waals surface area contributed by atoms with Crippen LogP contribution in [0.5, 0.6) is 0 Å². The fourth-order valence-electron chi connectivity index (χ4n) is 3.18. The average molecular weight is 448 g/mol. The smallest absolute Gasteiger partial charge is 0.339 e. The van der Waals surface area contributed by atoms with Crippen LogP contribution in [0, 0.1) is 10.1 Å². The Hall–Kier alpha value is -3.98. The van der Waals surface area contributed by atoms with Crippen molar-refractivity contribution in [2.75, 3.05) is 6.26 Å². The number of oxazole rings is 1. The molecule has 0 aliphatic carbocycles. The molecule has 0 saturated heterocycles. The highest BCUT2D eigenvalue weighted by Gasteiger charge is 2.23. The van der Waals surface area contributed by atoms with Gasteiger partial charge in [-0.25, -0.2) is 9.78 Å². The molecule has 160 valence electrons. The Morgan fingerprint density at radius 1 is 1.06 bits per heavy atom. The molecule has 4 aromatic rings. The maximum Gasteiger partial charge on any atom is 0.339 e. The first-order valence-electron chi connectivity index (χ1n) is 9.45. The second-order valence-corrected chi connectivity index (χ2v) is 7.52. The molecule has 0 radical (unpaired) electrons. The number of hydrogen-bond donors (Lipinski definition) is 0. The van der Waals surface area contributed by atoms with Gasteiger partial charge in [0.1, 0.15) is 5.52 Å². The lowest BCUT2D eigenvalue weighted by molar-refractivity contribution is -0.387. The molecule has 0 unspecified atom stereocenters. The van der Waals surface area contributed by atoms with Gasteiger partial charge in [-0.1, -0.05) is 30.3 Å². The second kappa shape index (κ2) is 9.03. The molecule has 1 aromatic heterocycles. The molecule has 0 amide bonds. The normalized spacial score (nSPS) is 10.8. The summed E-state index contributed by atoms with van der Waals surface area (Å²) in [4.78, 5) is 41.3. The Kier molecular flexibility index (Phi) is 6.00. The third kappa shape index (κ3) is 4.23. The van der Waals surface area contributed by atoms with Gasteiger partial charge in [0.15, 0.2) is 18.0 Å². The Balaban J connectivity index is 1.58. The van der Waals surface area contributed by atoms with Gasteiger partial charge in [0.2, 0.25) is 5.89 Å². The lowest BCUT2D eigenvalue weighted by Crippen LogP contribution is -2.13. The summed E-state index contributed by atoms with van der Waals surface area (Å²) < 4.78 is 10.8. The van der Waals surface area contributed by atoms with Gasteiger partial charge in [-0.05, 0) is 36.6 Å². The highest BCUT2D eigenvalue weighted by molar-refractivity contribution is 7.98. The highest BCUT2D eigenvalue weighted by Crippen LogP contribution is 2.29. The van der Waals surface area contributed by atoms with Gasteiger partial charge in [0.05, 0.1) is 15.4 Å². The standard InChI is InChI=1S/C23H16N2O6S/c1-32-20-11-10-14(12-18(20)25(28)29)22(26)15-6-2-3-7-16(15)23(27)30-13-21-24-17-8-4-5-9-19(17)31-21/h2-12H,13H2,1H3. The van der Waals surface area contributed by atoms with Crippen molar-refractivity contribution in [1.29, 1.82) is 0 Å². The molecule has 0 aliphatic rings. The number of carbonyl (C=O) groups excluding carboxylic acids is 2. The van der Waals surface area contributed by atoms with Crippen LogP contribution in [0.3, 0.4) is 0 Å². The molecule has 4 rings (SSSR count). The summed E-state index contributed by atoms with van der Waals surface area (Å²) in [6, 6.07) is 17.5. The van der Waals surface area contributed by atoms with E-state index in [1.165, 1.54) is 42.1 Å². The van der Waals surface area contributed by atoms with Crippen LogP contribution >= 0.6 is 11.8 Å². The zero-order chi connectivity index (χ0) is 22.7. The van der Waals surface area contributed by atoms with Crippen LogP contribution in [0.25, 0.3) is 11.1 Å². The number of fused-ring (bicyclic) bond motifs is 1. The summed E-state index contributed by atoms with van der Waals surface area (Å²) in [5, 5.41) is 11.3. The number of aromatic nitrogens is 1. The quantitative estimate of drug-likeness (QED) is 0.127. The minimum absolute atomic E-state index is 0.0465. The first-order valence-corrected chi connectivity index (χ1v) is 10.7. The third-order valence-corrected chi connectivity index (χ3v) is 5.48. The van der Waals surface area contributed by atoms with Crippen LogP contribution in [0.15, 0.2) is 76.0 Å². The molecular formula is C23H16N2O6S. The van der Waals surface area contributed by atoms with Crippen molar-refractivity contribution in [2.24, 2.45) is 0 Å². The third-order valence-electron chi connectivity index (χ3n) is 4.69. The SMILES string of the molecule is CSc1ccc(C(=O)c2ccccc2C(=O)OCc2nc3ccccc3o2)cc1[N+](=O)[O-]. The van der Waals surface area contributed by atoms with Crippen LogP contribution in [0.4, 0.5) is 5.69 Å². The number of carbonyl (C=O) groups is 2. The van der Waals surface area contributed by atoms with E-state index < -0.39 is 16.7 Å². The zero-order valence-corrected chi connectivity index (χ0v) is 17.6. The predicted molar refractivity (Wildman–Crippen MR) is 118 cm³/mol. The first-order chi connectivity index (χ1) is 15.5.